The van der Waals surface area contributed by atoms with Gasteiger partial charge in [-0.3, -0.25) is 4.79 Å². The van der Waals surface area contributed by atoms with Crippen LogP contribution in [0.25, 0.3) is 0 Å². The van der Waals surface area contributed by atoms with Gasteiger partial charge in [0.1, 0.15) is 17.8 Å². The summed E-state index contributed by atoms with van der Waals surface area (Å²) in [4.78, 5) is 23.0. The van der Waals surface area contributed by atoms with Crippen LogP contribution in [0.5, 0.6) is 0 Å². The van der Waals surface area contributed by atoms with Gasteiger partial charge in [-0.1, -0.05) is 47.5 Å². The summed E-state index contributed by atoms with van der Waals surface area (Å²) in [5.74, 6) is 0.382. The molecule has 2 aromatic carbocycles. The molecule has 0 spiro atoms. The molecule has 5 nitrogen and oxygen atoms in total. The van der Waals surface area contributed by atoms with E-state index in [0.29, 0.717) is 40.3 Å². The summed E-state index contributed by atoms with van der Waals surface area (Å²) in [5.41, 5.74) is 3.48. The van der Waals surface area contributed by atoms with Crippen molar-refractivity contribution in [2.75, 3.05) is 11.9 Å². The number of hydrogen-bond donors (Lipinski definition) is 1. The van der Waals surface area contributed by atoms with Crippen LogP contribution in [-0.2, 0) is 13.0 Å². The largest absolute Gasteiger partial charge is 0.339 e. The Bertz CT molecular complexity index is 1010. The Labute approximate surface area is 167 Å². The first-order valence-corrected chi connectivity index (χ1v) is 9.26. The van der Waals surface area contributed by atoms with Crippen molar-refractivity contribution in [2.24, 2.45) is 0 Å². The van der Waals surface area contributed by atoms with Gasteiger partial charge in [0.2, 0.25) is 0 Å². The molecule has 1 N–H and O–H groups in total. The number of carbonyl (C=O) groups is 1. The van der Waals surface area contributed by atoms with Gasteiger partial charge in [0.15, 0.2) is 0 Å². The lowest BCUT2D eigenvalue weighted by Crippen LogP contribution is -2.36. The lowest BCUT2D eigenvalue weighted by Gasteiger charge is -2.28. The molecule has 1 aromatic heterocycles. The maximum atomic E-state index is 12.9. The predicted octanol–water partition coefficient (Wildman–Crippen LogP) is 4.73. The van der Waals surface area contributed by atoms with Gasteiger partial charge in [-0.25, -0.2) is 9.97 Å². The maximum absolute atomic E-state index is 12.9. The van der Waals surface area contributed by atoms with E-state index in [9.17, 15) is 4.79 Å². The topological polar surface area (TPSA) is 58.1 Å². The molecule has 0 unspecified atom stereocenters. The van der Waals surface area contributed by atoms with Crippen molar-refractivity contribution in [2.45, 2.75) is 13.0 Å². The summed E-state index contributed by atoms with van der Waals surface area (Å²) in [5, 5.41) is 4.12. The number of aromatic nitrogens is 2. The van der Waals surface area contributed by atoms with Crippen molar-refractivity contribution in [3.63, 3.8) is 0 Å². The van der Waals surface area contributed by atoms with Crippen molar-refractivity contribution < 1.29 is 4.79 Å². The van der Waals surface area contributed by atoms with E-state index >= 15 is 0 Å². The number of nitrogens with zero attached hydrogens (tertiary/aromatic N) is 3. The number of fused-ring (bicyclic) bond motifs is 1. The van der Waals surface area contributed by atoms with E-state index in [-0.39, 0.29) is 5.91 Å². The molecule has 3 aromatic rings. The quantitative estimate of drug-likeness (QED) is 0.692. The summed E-state index contributed by atoms with van der Waals surface area (Å²) in [7, 11) is 0. The average molecular weight is 399 g/mol. The minimum atomic E-state index is -0.114. The van der Waals surface area contributed by atoms with Crippen LogP contribution in [0.2, 0.25) is 10.0 Å². The molecular formula is C20H16Cl2N4O. The van der Waals surface area contributed by atoms with E-state index < -0.39 is 0 Å². The second-order valence-corrected chi connectivity index (χ2v) is 7.13. The third kappa shape index (κ3) is 3.89. The highest BCUT2D eigenvalue weighted by atomic mass is 35.5. The Morgan fingerprint density at radius 3 is 2.67 bits per heavy atom. The Kier molecular flexibility index (Phi) is 4.97. The molecule has 0 saturated heterocycles. The zero-order chi connectivity index (χ0) is 18.8. The van der Waals surface area contributed by atoms with Crippen LogP contribution >= 0.6 is 23.2 Å². The minimum Gasteiger partial charge on any atom is -0.339 e. The zero-order valence-corrected chi connectivity index (χ0v) is 15.8. The molecule has 1 amide bonds. The van der Waals surface area contributed by atoms with Crippen LogP contribution in [0.15, 0.2) is 54.9 Å². The summed E-state index contributed by atoms with van der Waals surface area (Å²) >= 11 is 12.1. The van der Waals surface area contributed by atoms with E-state index in [1.165, 1.54) is 17.5 Å². The maximum Gasteiger partial charge on any atom is 0.272 e. The smallest absolute Gasteiger partial charge is 0.272 e. The molecule has 0 bridgehead atoms. The minimum absolute atomic E-state index is 0.114. The van der Waals surface area contributed by atoms with E-state index in [4.69, 9.17) is 23.2 Å². The second-order valence-electron chi connectivity index (χ2n) is 6.28. The van der Waals surface area contributed by atoms with Crippen LogP contribution in [0, 0.1) is 0 Å². The number of rotatable bonds is 3. The van der Waals surface area contributed by atoms with Crippen molar-refractivity contribution in [1.29, 1.82) is 0 Å². The van der Waals surface area contributed by atoms with E-state index in [1.54, 1.807) is 24.3 Å². The molecule has 1 aliphatic heterocycles. The first-order valence-electron chi connectivity index (χ1n) is 8.50. The zero-order valence-electron chi connectivity index (χ0n) is 14.3. The molecule has 7 heteroatoms. The van der Waals surface area contributed by atoms with Gasteiger partial charge in [-0.05, 0) is 35.7 Å². The fourth-order valence-corrected chi connectivity index (χ4v) is 3.56. The standard InChI is InChI=1S/C20H16Cl2N4O/c21-15-5-6-17(16(22)9-15)25-19-10-18(23-12-24-19)20(27)26-8-7-13-3-1-2-4-14(13)11-26/h1-6,9-10,12H,7-8,11H2,(H,23,24,25). The van der Waals surface area contributed by atoms with Crippen molar-refractivity contribution in [1.82, 2.24) is 14.9 Å². The molecule has 0 aliphatic carbocycles. The van der Waals surface area contributed by atoms with Gasteiger partial charge in [-0.2, -0.15) is 0 Å². The van der Waals surface area contributed by atoms with Crippen molar-refractivity contribution in [3.05, 3.63) is 81.7 Å². The summed E-state index contributed by atoms with van der Waals surface area (Å²) in [6.07, 6.45) is 2.22. The van der Waals surface area contributed by atoms with Crippen molar-refractivity contribution in [3.8, 4) is 0 Å². The van der Waals surface area contributed by atoms with E-state index in [2.05, 4.69) is 27.4 Å². The summed E-state index contributed by atoms with van der Waals surface area (Å²) < 4.78 is 0. The number of amides is 1. The third-order valence-corrected chi connectivity index (χ3v) is 5.05. The predicted molar refractivity (Wildman–Crippen MR) is 107 cm³/mol. The van der Waals surface area contributed by atoms with Crippen molar-refractivity contribution >= 4 is 40.6 Å². The first-order chi connectivity index (χ1) is 13.1. The number of carbonyl (C=O) groups excluding carboxylic acids is 1. The Morgan fingerprint density at radius 2 is 1.85 bits per heavy atom. The highest BCUT2D eigenvalue weighted by molar-refractivity contribution is 6.36. The number of benzene rings is 2. The lowest BCUT2D eigenvalue weighted by atomic mass is 10.00. The SMILES string of the molecule is O=C(c1cc(Nc2ccc(Cl)cc2Cl)ncn1)N1CCc2ccccc2C1. The van der Waals surface area contributed by atoms with Crippen LogP contribution < -0.4 is 5.32 Å². The summed E-state index contributed by atoms with van der Waals surface area (Å²) in [6, 6.07) is 15.0. The molecule has 4 rings (SSSR count). The number of nitrogens with one attached hydrogen (secondary N) is 1. The molecule has 0 saturated carbocycles. The molecule has 136 valence electrons. The van der Waals surface area contributed by atoms with Gasteiger partial charge in [-0.15, -0.1) is 0 Å². The molecule has 2 heterocycles. The fraction of sp³-hybridized carbons (Fsp3) is 0.150. The molecule has 0 fully saturated rings. The van der Waals surface area contributed by atoms with Crippen LogP contribution in [-0.4, -0.2) is 27.3 Å². The number of hydrogen-bond acceptors (Lipinski definition) is 4. The molecular weight excluding hydrogens is 383 g/mol. The van der Waals surface area contributed by atoms with Crippen LogP contribution in [0.3, 0.4) is 0 Å². The van der Waals surface area contributed by atoms with Crippen LogP contribution in [0.1, 0.15) is 21.6 Å². The monoisotopic (exact) mass is 398 g/mol. The molecule has 0 radical (unpaired) electrons. The average Bonchev–Trinajstić information content (AvgIpc) is 2.69. The first kappa shape index (κ1) is 17.8. The highest BCUT2D eigenvalue weighted by Gasteiger charge is 2.22. The molecule has 1 aliphatic rings. The fourth-order valence-electron chi connectivity index (χ4n) is 3.10. The third-order valence-electron chi connectivity index (χ3n) is 4.50. The lowest BCUT2D eigenvalue weighted by molar-refractivity contribution is 0.0728. The van der Waals surface area contributed by atoms with E-state index in [1.807, 2.05) is 17.0 Å². The van der Waals surface area contributed by atoms with Gasteiger partial charge >= 0.3 is 0 Å². The molecule has 0 atom stereocenters. The number of halogens is 2. The Morgan fingerprint density at radius 1 is 1.04 bits per heavy atom. The van der Waals surface area contributed by atoms with Gasteiger partial charge < -0.3 is 10.2 Å². The normalized spacial score (nSPS) is 13.2. The Balaban J connectivity index is 1.53. The van der Waals surface area contributed by atoms with E-state index in [0.717, 1.165) is 6.42 Å². The number of anilines is 2. The van der Waals surface area contributed by atoms with Gasteiger partial charge in [0, 0.05) is 24.2 Å². The Hall–Kier alpha value is -2.63. The van der Waals surface area contributed by atoms with Gasteiger partial charge in [0.25, 0.3) is 5.91 Å². The highest BCUT2D eigenvalue weighted by Crippen LogP contribution is 2.28. The second kappa shape index (κ2) is 7.55. The molecule has 27 heavy (non-hydrogen) atoms. The van der Waals surface area contributed by atoms with Gasteiger partial charge in [0.05, 0.1) is 10.7 Å². The summed E-state index contributed by atoms with van der Waals surface area (Å²) in [6.45, 7) is 1.26. The van der Waals surface area contributed by atoms with Crippen LogP contribution in [0.4, 0.5) is 11.5 Å².